The SMILES string of the molecule is CC(c1ccc(Br)cc1F)N(CC1CCCNC1)C1CC1. The third kappa shape index (κ3) is 3.85. The van der Waals surface area contributed by atoms with Gasteiger partial charge in [-0.1, -0.05) is 22.0 Å². The average Bonchev–Trinajstić information content (AvgIpc) is 3.30. The summed E-state index contributed by atoms with van der Waals surface area (Å²) in [7, 11) is 0. The quantitative estimate of drug-likeness (QED) is 0.855. The van der Waals surface area contributed by atoms with Gasteiger partial charge < -0.3 is 5.32 Å². The summed E-state index contributed by atoms with van der Waals surface area (Å²) < 4.78 is 15.1. The van der Waals surface area contributed by atoms with Gasteiger partial charge in [-0.05, 0) is 63.7 Å². The van der Waals surface area contributed by atoms with E-state index in [0.29, 0.717) is 12.0 Å². The smallest absolute Gasteiger partial charge is 0.129 e. The van der Waals surface area contributed by atoms with E-state index in [4.69, 9.17) is 0 Å². The van der Waals surface area contributed by atoms with Crippen molar-refractivity contribution in [1.82, 2.24) is 10.2 Å². The van der Waals surface area contributed by atoms with Crippen molar-refractivity contribution in [1.29, 1.82) is 0 Å². The first-order chi connectivity index (χ1) is 10.1. The third-order valence-electron chi connectivity index (χ3n) is 4.79. The summed E-state index contributed by atoms with van der Waals surface area (Å²) in [6, 6.07) is 6.28. The standard InChI is InChI=1S/C17H24BrFN2/c1-12(16-7-4-14(18)9-17(16)19)21(15-5-6-15)11-13-3-2-8-20-10-13/h4,7,9,12-13,15,20H,2-3,5-6,8,10-11H2,1H3. The number of halogens is 2. The van der Waals surface area contributed by atoms with Gasteiger partial charge in [0.15, 0.2) is 0 Å². The molecule has 3 rings (SSSR count). The lowest BCUT2D eigenvalue weighted by molar-refractivity contribution is 0.151. The molecule has 1 aliphatic carbocycles. The second kappa shape index (κ2) is 6.76. The minimum Gasteiger partial charge on any atom is -0.316 e. The predicted octanol–water partition coefficient (Wildman–Crippen LogP) is 4.11. The van der Waals surface area contributed by atoms with Crippen molar-refractivity contribution in [2.45, 2.75) is 44.7 Å². The van der Waals surface area contributed by atoms with E-state index in [-0.39, 0.29) is 11.9 Å². The van der Waals surface area contributed by atoms with E-state index in [1.807, 2.05) is 12.1 Å². The van der Waals surface area contributed by atoms with Gasteiger partial charge >= 0.3 is 0 Å². The van der Waals surface area contributed by atoms with Crippen molar-refractivity contribution < 1.29 is 4.39 Å². The molecule has 0 aromatic heterocycles. The summed E-state index contributed by atoms with van der Waals surface area (Å²) >= 11 is 3.34. The van der Waals surface area contributed by atoms with Gasteiger partial charge in [-0.3, -0.25) is 4.90 Å². The second-order valence-electron chi connectivity index (χ2n) is 6.48. The molecule has 0 amide bonds. The van der Waals surface area contributed by atoms with Crippen LogP contribution in [-0.2, 0) is 0 Å². The molecule has 4 heteroatoms. The van der Waals surface area contributed by atoms with Crippen LogP contribution in [0.3, 0.4) is 0 Å². The van der Waals surface area contributed by atoms with Gasteiger partial charge in [0.1, 0.15) is 5.82 Å². The van der Waals surface area contributed by atoms with Gasteiger partial charge in [-0.2, -0.15) is 0 Å². The third-order valence-corrected chi connectivity index (χ3v) is 5.29. The molecular weight excluding hydrogens is 331 g/mol. The highest BCUT2D eigenvalue weighted by Crippen LogP contribution is 2.36. The highest BCUT2D eigenvalue weighted by atomic mass is 79.9. The molecule has 1 aromatic rings. The summed E-state index contributed by atoms with van der Waals surface area (Å²) in [5.41, 5.74) is 0.828. The molecule has 2 unspecified atom stereocenters. The predicted molar refractivity (Wildman–Crippen MR) is 87.8 cm³/mol. The normalized spacial score (nSPS) is 24.3. The molecule has 1 aliphatic heterocycles. The maximum Gasteiger partial charge on any atom is 0.129 e. The minimum atomic E-state index is -0.0932. The van der Waals surface area contributed by atoms with Gasteiger partial charge in [0.25, 0.3) is 0 Å². The zero-order valence-corrected chi connectivity index (χ0v) is 14.2. The van der Waals surface area contributed by atoms with E-state index in [0.717, 1.165) is 29.7 Å². The zero-order valence-electron chi connectivity index (χ0n) is 12.6. The molecule has 1 N–H and O–H groups in total. The largest absolute Gasteiger partial charge is 0.316 e. The monoisotopic (exact) mass is 354 g/mol. The lowest BCUT2D eigenvalue weighted by Gasteiger charge is -2.34. The van der Waals surface area contributed by atoms with Crippen LogP contribution in [0.1, 0.15) is 44.2 Å². The Morgan fingerprint density at radius 2 is 2.19 bits per heavy atom. The molecule has 0 radical (unpaired) electrons. The van der Waals surface area contributed by atoms with Crippen molar-refractivity contribution in [2.75, 3.05) is 19.6 Å². The number of nitrogens with zero attached hydrogens (tertiary/aromatic N) is 1. The Balaban J connectivity index is 1.73. The van der Waals surface area contributed by atoms with Crippen LogP contribution in [0.15, 0.2) is 22.7 Å². The molecule has 0 bridgehead atoms. The summed E-state index contributed by atoms with van der Waals surface area (Å²) in [5, 5.41) is 3.49. The molecule has 21 heavy (non-hydrogen) atoms. The molecule has 1 heterocycles. The lowest BCUT2D eigenvalue weighted by Crippen LogP contribution is -2.40. The van der Waals surface area contributed by atoms with Crippen molar-refractivity contribution in [3.05, 3.63) is 34.1 Å². The molecule has 2 atom stereocenters. The number of rotatable bonds is 5. The Bertz CT molecular complexity index is 484. The summed E-state index contributed by atoms with van der Waals surface area (Å²) in [5.74, 6) is 0.615. The molecule has 1 saturated heterocycles. The maximum atomic E-state index is 14.3. The van der Waals surface area contributed by atoms with Gasteiger partial charge in [0, 0.05) is 28.7 Å². The number of hydrogen-bond acceptors (Lipinski definition) is 2. The van der Waals surface area contributed by atoms with Crippen LogP contribution in [0, 0.1) is 11.7 Å². The maximum absolute atomic E-state index is 14.3. The van der Waals surface area contributed by atoms with Crippen LogP contribution < -0.4 is 5.32 Å². The first kappa shape index (κ1) is 15.4. The van der Waals surface area contributed by atoms with Gasteiger partial charge in [-0.15, -0.1) is 0 Å². The van der Waals surface area contributed by atoms with Crippen LogP contribution in [0.5, 0.6) is 0 Å². The van der Waals surface area contributed by atoms with Gasteiger partial charge in [-0.25, -0.2) is 4.39 Å². The lowest BCUT2D eigenvalue weighted by atomic mass is 9.97. The Labute approximate surface area is 135 Å². The van der Waals surface area contributed by atoms with E-state index in [2.05, 4.69) is 33.1 Å². The molecular formula is C17H24BrFN2. The van der Waals surface area contributed by atoms with Crippen molar-refractivity contribution in [3.8, 4) is 0 Å². The highest BCUT2D eigenvalue weighted by molar-refractivity contribution is 9.10. The first-order valence-corrected chi connectivity index (χ1v) is 8.86. The van der Waals surface area contributed by atoms with Crippen LogP contribution in [0.25, 0.3) is 0 Å². The number of nitrogens with one attached hydrogen (secondary N) is 1. The summed E-state index contributed by atoms with van der Waals surface area (Å²) in [6.45, 7) is 5.50. The van der Waals surface area contributed by atoms with Crippen LogP contribution in [0.4, 0.5) is 4.39 Å². The molecule has 1 aromatic carbocycles. The minimum absolute atomic E-state index is 0.0932. The van der Waals surface area contributed by atoms with E-state index < -0.39 is 0 Å². The number of hydrogen-bond donors (Lipinski definition) is 1. The molecule has 0 spiro atoms. The van der Waals surface area contributed by atoms with Crippen molar-refractivity contribution in [3.63, 3.8) is 0 Å². The Hall–Kier alpha value is -0.450. The Morgan fingerprint density at radius 1 is 1.38 bits per heavy atom. The van der Waals surface area contributed by atoms with E-state index in [9.17, 15) is 4.39 Å². The fraction of sp³-hybridized carbons (Fsp3) is 0.647. The number of benzene rings is 1. The average molecular weight is 355 g/mol. The topological polar surface area (TPSA) is 15.3 Å². The molecule has 2 aliphatic rings. The molecule has 1 saturated carbocycles. The van der Waals surface area contributed by atoms with Gasteiger partial charge in [0.05, 0.1) is 0 Å². The zero-order chi connectivity index (χ0) is 14.8. The van der Waals surface area contributed by atoms with Crippen LogP contribution in [0.2, 0.25) is 0 Å². The van der Waals surface area contributed by atoms with E-state index in [1.54, 1.807) is 6.07 Å². The fourth-order valence-electron chi connectivity index (χ4n) is 3.43. The first-order valence-electron chi connectivity index (χ1n) is 8.06. The van der Waals surface area contributed by atoms with E-state index >= 15 is 0 Å². The van der Waals surface area contributed by atoms with Crippen LogP contribution >= 0.6 is 15.9 Å². The molecule has 2 nitrogen and oxygen atoms in total. The highest BCUT2D eigenvalue weighted by Gasteiger charge is 2.35. The van der Waals surface area contributed by atoms with Crippen molar-refractivity contribution in [2.24, 2.45) is 5.92 Å². The van der Waals surface area contributed by atoms with E-state index in [1.165, 1.54) is 25.7 Å². The fourth-order valence-corrected chi connectivity index (χ4v) is 3.76. The van der Waals surface area contributed by atoms with Gasteiger partial charge in [0.2, 0.25) is 0 Å². The summed E-state index contributed by atoms with van der Waals surface area (Å²) in [4.78, 5) is 2.53. The van der Waals surface area contributed by atoms with Crippen LogP contribution in [-0.4, -0.2) is 30.6 Å². The summed E-state index contributed by atoms with van der Waals surface area (Å²) in [6.07, 6.45) is 5.10. The Kier molecular flexibility index (Phi) is 4.97. The van der Waals surface area contributed by atoms with Crippen molar-refractivity contribution >= 4 is 15.9 Å². The second-order valence-corrected chi connectivity index (χ2v) is 7.40. The molecule has 116 valence electrons. The molecule has 2 fully saturated rings. The Morgan fingerprint density at radius 3 is 2.81 bits per heavy atom. The number of piperidine rings is 1.